The summed E-state index contributed by atoms with van der Waals surface area (Å²) in [6.07, 6.45) is -4.44. The third kappa shape index (κ3) is 3.19. The van der Waals surface area contributed by atoms with Crippen LogP contribution < -0.4 is 10.5 Å². The number of benzene rings is 2. The van der Waals surface area contributed by atoms with Gasteiger partial charge in [0.1, 0.15) is 11.3 Å². The van der Waals surface area contributed by atoms with Crippen molar-refractivity contribution in [2.45, 2.75) is 6.18 Å². The molecule has 4 nitrogen and oxygen atoms in total. The molecule has 0 spiro atoms. The summed E-state index contributed by atoms with van der Waals surface area (Å²) in [5, 5.41) is 0.618. The molecule has 24 heavy (non-hydrogen) atoms. The SMILES string of the molecule is NC(=O)c1cc2cccc(-c3ccccc3OCC(F)(F)F)c2o1. The molecule has 3 rings (SSSR count). The Balaban J connectivity index is 2.09. The summed E-state index contributed by atoms with van der Waals surface area (Å²) in [4.78, 5) is 11.3. The van der Waals surface area contributed by atoms with E-state index in [1.54, 1.807) is 36.4 Å². The fourth-order valence-corrected chi connectivity index (χ4v) is 2.37. The van der Waals surface area contributed by atoms with Gasteiger partial charge in [0.05, 0.1) is 0 Å². The van der Waals surface area contributed by atoms with Gasteiger partial charge in [-0.3, -0.25) is 4.79 Å². The van der Waals surface area contributed by atoms with Gasteiger partial charge in [-0.2, -0.15) is 13.2 Å². The molecule has 124 valence electrons. The number of furan rings is 1. The fourth-order valence-electron chi connectivity index (χ4n) is 2.37. The molecular formula is C17H12F3NO3. The smallest absolute Gasteiger partial charge is 0.422 e. The first kappa shape index (κ1) is 15.9. The third-order valence-electron chi connectivity index (χ3n) is 3.36. The monoisotopic (exact) mass is 335 g/mol. The standard InChI is InChI=1S/C17H12F3NO3/c18-17(19,20)9-23-13-7-2-1-5-11(13)12-6-3-4-10-8-14(16(21)22)24-15(10)12/h1-8H,9H2,(H2,21,22). The number of alkyl halides is 3. The molecule has 0 fully saturated rings. The van der Waals surface area contributed by atoms with E-state index in [9.17, 15) is 18.0 Å². The molecule has 0 atom stereocenters. The van der Waals surface area contributed by atoms with Crippen LogP contribution in [0.2, 0.25) is 0 Å². The van der Waals surface area contributed by atoms with Crippen LogP contribution in [0.3, 0.4) is 0 Å². The number of carbonyl (C=O) groups excluding carboxylic acids is 1. The first-order valence-corrected chi connectivity index (χ1v) is 6.96. The van der Waals surface area contributed by atoms with Crippen LogP contribution >= 0.6 is 0 Å². The minimum Gasteiger partial charge on any atom is -0.483 e. The number of amides is 1. The van der Waals surface area contributed by atoms with Crippen molar-refractivity contribution in [1.82, 2.24) is 0 Å². The summed E-state index contributed by atoms with van der Waals surface area (Å²) < 4.78 is 47.6. The first-order chi connectivity index (χ1) is 11.3. The van der Waals surface area contributed by atoms with Crippen LogP contribution in [0.4, 0.5) is 13.2 Å². The van der Waals surface area contributed by atoms with E-state index in [0.717, 1.165) is 0 Å². The largest absolute Gasteiger partial charge is 0.483 e. The number of ether oxygens (including phenoxy) is 1. The zero-order valence-electron chi connectivity index (χ0n) is 12.3. The predicted octanol–water partition coefficient (Wildman–Crippen LogP) is 4.14. The molecule has 0 saturated heterocycles. The van der Waals surface area contributed by atoms with Gasteiger partial charge in [-0.1, -0.05) is 36.4 Å². The lowest BCUT2D eigenvalue weighted by Gasteiger charge is -2.13. The first-order valence-electron chi connectivity index (χ1n) is 6.96. The van der Waals surface area contributed by atoms with Crippen LogP contribution in [-0.2, 0) is 0 Å². The highest BCUT2D eigenvalue weighted by atomic mass is 19.4. The Labute approximate surface area is 134 Å². The normalized spacial score (nSPS) is 11.6. The van der Waals surface area contributed by atoms with Crippen LogP contribution in [0.25, 0.3) is 22.1 Å². The van der Waals surface area contributed by atoms with Crippen molar-refractivity contribution in [3.63, 3.8) is 0 Å². The second kappa shape index (κ2) is 5.92. The number of fused-ring (bicyclic) bond motifs is 1. The van der Waals surface area contributed by atoms with Crippen molar-refractivity contribution in [3.8, 4) is 16.9 Å². The number of carbonyl (C=O) groups is 1. The summed E-state index contributed by atoms with van der Waals surface area (Å²) in [6.45, 7) is -1.40. The van der Waals surface area contributed by atoms with Crippen molar-refractivity contribution in [2.75, 3.05) is 6.61 Å². The molecular weight excluding hydrogens is 323 g/mol. The molecule has 0 aliphatic heterocycles. The lowest BCUT2D eigenvalue weighted by molar-refractivity contribution is -0.153. The van der Waals surface area contributed by atoms with Crippen molar-refractivity contribution in [2.24, 2.45) is 5.73 Å². The zero-order valence-corrected chi connectivity index (χ0v) is 12.3. The molecule has 3 aromatic rings. The Morgan fingerprint density at radius 2 is 1.79 bits per heavy atom. The van der Waals surface area contributed by atoms with E-state index in [-0.39, 0.29) is 11.5 Å². The molecule has 0 aliphatic carbocycles. The molecule has 2 aromatic carbocycles. The second-order valence-electron chi connectivity index (χ2n) is 5.10. The Kier molecular flexibility index (Phi) is 3.92. The maximum absolute atomic E-state index is 12.4. The van der Waals surface area contributed by atoms with Gasteiger partial charge in [-0.15, -0.1) is 0 Å². The number of hydrogen-bond donors (Lipinski definition) is 1. The van der Waals surface area contributed by atoms with Gasteiger partial charge >= 0.3 is 6.18 Å². The Bertz CT molecular complexity index is 899. The van der Waals surface area contributed by atoms with Gasteiger partial charge in [0.2, 0.25) is 0 Å². The molecule has 1 aromatic heterocycles. The van der Waals surface area contributed by atoms with Crippen LogP contribution in [-0.4, -0.2) is 18.7 Å². The van der Waals surface area contributed by atoms with E-state index in [2.05, 4.69) is 0 Å². The molecule has 1 heterocycles. The lowest BCUT2D eigenvalue weighted by Crippen LogP contribution is -2.19. The van der Waals surface area contributed by atoms with Crippen LogP contribution in [0.15, 0.2) is 52.9 Å². The molecule has 2 N–H and O–H groups in total. The van der Waals surface area contributed by atoms with Crippen LogP contribution in [0, 0.1) is 0 Å². The number of hydrogen-bond acceptors (Lipinski definition) is 3. The van der Waals surface area contributed by atoms with E-state index in [1.807, 2.05) is 0 Å². The topological polar surface area (TPSA) is 65.5 Å². The van der Waals surface area contributed by atoms with Crippen molar-refractivity contribution < 1.29 is 27.1 Å². The van der Waals surface area contributed by atoms with E-state index < -0.39 is 18.7 Å². The van der Waals surface area contributed by atoms with Gasteiger partial charge in [0, 0.05) is 16.5 Å². The maximum Gasteiger partial charge on any atom is 0.422 e. The van der Waals surface area contributed by atoms with E-state index >= 15 is 0 Å². The van der Waals surface area contributed by atoms with Crippen molar-refractivity contribution in [3.05, 3.63) is 54.3 Å². The lowest BCUT2D eigenvalue weighted by atomic mass is 10.0. The van der Waals surface area contributed by atoms with Gasteiger partial charge < -0.3 is 14.9 Å². The van der Waals surface area contributed by atoms with Gasteiger partial charge in [0.25, 0.3) is 5.91 Å². The number of rotatable bonds is 4. The predicted molar refractivity (Wildman–Crippen MR) is 81.7 cm³/mol. The Hall–Kier alpha value is -2.96. The minimum atomic E-state index is -4.44. The Morgan fingerprint density at radius 1 is 1.08 bits per heavy atom. The molecule has 1 amide bonds. The molecule has 0 saturated carbocycles. The van der Waals surface area contributed by atoms with Crippen LogP contribution in [0.5, 0.6) is 5.75 Å². The summed E-state index contributed by atoms with van der Waals surface area (Å²) in [6, 6.07) is 12.9. The van der Waals surface area contributed by atoms with Gasteiger partial charge in [0.15, 0.2) is 12.4 Å². The fraction of sp³-hybridized carbons (Fsp3) is 0.118. The highest BCUT2D eigenvalue weighted by Crippen LogP contribution is 2.36. The third-order valence-corrected chi connectivity index (χ3v) is 3.36. The summed E-state index contributed by atoms with van der Waals surface area (Å²) >= 11 is 0. The number of nitrogens with two attached hydrogens (primary N) is 1. The highest BCUT2D eigenvalue weighted by Gasteiger charge is 2.29. The zero-order chi connectivity index (χ0) is 17.3. The van der Waals surface area contributed by atoms with E-state index in [0.29, 0.717) is 22.1 Å². The van der Waals surface area contributed by atoms with Gasteiger partial charge in [-0.05, 0) is 12.1 Å². The summed E-state index contributed by atoms with van der Waals surface area (Å²) in [7, 11) is 0. The number of primary amides is 1. The quantitative estimate of drug-likeness (QED) is 0.779. The summed E-state index contributed by atoms with van der Waals surface area (Å²) in [5.41, 5.74) is 6.51. The Morgan fingerprint density at radius 3 is 2.50 bits per heavy atom. The average Bonchev–Trinajstić information content (AvgIpc) is 2.97. The maximum atomic E-state index is 12.4. The molecule has 0 aliphatic rings. The molecule has 0 unspecified atom stereocenters. The van der Waals surface area contributed by atoms with Crippen LogP contribution in [0.1, 0.15) is 10.6 Å². The highest BCUT2D eigenvalue weighted by molar-refractivity contribution is 6.00. The minimum absolute atomic E-state index is 0.0221. The second-order valence-corrected chi connectivity index (χ2v) is 5.10. The average molecular weight is 335 g/mol. The van der Waals surface area contributed by atoms with E-state index in [1.165, 1.54) is 12.1 Å². The number of para-hydroxylation sites is 2. The van der Waals surface area contributed by atoms with Gasteiger partial charge in [-0.25, -0.2) is 0 Å². The summed E-state index contributed by atoms with van der Waals surface area (Å²) in [5.74, 6) is -0.677. The van der Waals surface area contributed by atoms with Crippen molar-refractivity contribution in [1.29, 1.82) is 0 Å². The molecule has 0 radical (unpaired) electrons. The van der Waals surface area contributed by atoms with E-state index in [4.69, 9.17) is 14.9 Å². The number of halogens is 3. The molecule has 0 bridgehead atoms. The molecule has 7 heteroatoms. The van der Waals surface area contributed by atoms with Crippen molar-refractivity contribution >= 4 is 16.9 Å².